The van der Waals surface area contributed by atoms with Crippen molar-refractivity contribution in [3.8, 4) is 11.1 Å². The molecule has 4 rings (SSSR count). The number of benzene rings is 2. The molecule has 1 heterocycles. The van der Waals surface area contributed by atoms with E-state index >= 15 is 0 Å². The van der Waals surface area contributed by atoms with Crippen LogP contribution in [0.3, 0.4) is 0 Å². The van der Waals surface area contributed by atoms with Gasteiger partial charge in [-0.25, -0.2) is 0 Å². The monoisotopic (exact) mass is 259 g/mol. The van der Waals surface area contributed by atoms with Crippen molar-refractivity contribution in [3.63, 3.8) is 0 Å². The summed E-state index contributed by atoms with van der Waals surface area (Å²) in [5.41, 5.74) is 6.73. The Morgan fingerprint density at radius 2 is 1.60 bits per heavy atom. The van der Waals surface area contributed by atoms with Crippen LogP contribution in [-0.2, 0) is 0 Å². The van der Waals surface area contributed by atoms with Gasteiger partial charge in [-0.05, 0) is 48.7 Å². The lowest BCUT2D eigenvalue weighted by Crippen LogP contribution is -1.96. The van der Waals surface area contributed by atoms with Crippen molar-refractivity contribution < 1.29 is 4.79 Å². The summed E-state index contributed by atoms with van der Waals surface area (Å²) in [6.07, 6.45) is 0. The summed E-state index contributed by atoms with van der Waals surface area (Å²) in [4.78, 5) is 17.0. The van der Waals surface area contributed by atoms with Gasteiger partial charge in [-0.2, -0.15) is 0 Å². The molecule has 0 aliphatic heterocycles. The molecule has 0 saturated heterocycles. The number of aryl methyl sites for hydroxylation is 2. The van der Waals surface area contributed by atoms with E-state index in [9.17, 15) is 4.79 Å². The Morgan fingerprint density at radius 1 is 0.850 bits per heavy atom. The predicted molar refractivity (Wildman–Crippen MR) is 80.1 cm³/mol. The van der Waals surface area contributed by atoms with Gasteiger partial charge in [0.2, 0.25) is 0 Å². The molecule has 1 aromatic heterocycles. The normalized spacial score (nSPS) is 12.6. The highest BCUT2D eigenvalue weighted by Crippen LogP contribution is 2.38. The van der Waals surface area contributed by atoms with E-state index in [-0.39, 0.29) is 5.78 Å². The maximum atomic E-state index is 12.5. The maximum Gasteiger partial charge on any atom is 0.194 e. The van der Waals surface area contributed by atoms with Crippen LogP contribution in [0, 0.1) is 13.8 Å². The van der Waals surface area contributed by atoms with E-state index in [0.29, 0.717) is 0 Å². The number of carbonyl (C=O) groups is 1. The minimum Gasteiger partial charge on any atom is -0.289 e. The van der Waals surface area contributed by atoms with Crippen LogP contribution in [0.15, 0.2) is 42.5 Å². The van der Waals surface area contributed by atoms with Crippen LogP contribution in [0.5, 0.6) is 0 Å². The van der Waals surface area contributed by atoms with Gasteiger partial charge in [0.1, 0.15) is 0 Å². The van der Waals surface area contributed by atoms with Crippen LogP contribution >= 0.6 is 0 Å². The SMILES string of the molecule is Cc1cc(C)c2cc3c(cc2n1)C(=O)c1ccccc1-3. The maximum absolute atomic E-state index is 12.5. The van der Waals surface area contributed by atoms with Crippen molar-refractivity contribution >= 4 is 16.7 Å². The van der Waals surface area contributed by atoms with E-state index in [2.05, 4.69) is 24.0 Å². The van der Waals surface area contributed by atoms with Crippen molar-refractivity contribution in [1.29, 1.82) is 0 Å². The van der Waals surface area contributed by atoms with E-state index in [4.69, 9.17) is 0 Å². The third-order valence-corrected chi connectivity index (χ3v) is 3.99. The predicted octanol–water partition coefficient (Wildman–Crippen LogP) is 4.06. The van der Waals surface area contributed by atoms with Crippen molar-refractivity contribution in [2.45, 2.75) is 13.8 Å². The molecule has 0 spiro atoms. The lowest BCUT2D eigenvalue weighted by Gasteiger charge is -2.07. The molecule has 0 bridgehead atoms. The Kier molecular flexibility index (Phi) is 2.14. The summed E-state index contributed by atoms with van der Waals surface area (Å²) < 4.78 is 0. The number of nitrogens with zero attached hydrogens (tertiary/aromatic N) is 1. The fraction of sp³-hybridized carbons (Fsp3) is 0.111. The van der Waals surface area contributed by atoms with Crippen LogP contribution in [0.1, 0.15) is 27.2 Å². The van der Waals surface area contributed by atoms with Crippen molar-refractivity contribution in [3.05, 3.63) is 64.8 Å². The second kappa shape index (κ2) is 3.76. The Hall–Kier alpha value is -2.48. The molecular weight excluding hydrogens is 246 g/mol. The quantitative estimate of drug-likeness (QED) is 0.476. The molecule has 2 aromatic carbocycles. The summed E-state index contributed by atoms with van der Waals surface area (Å²) in [6, 6.07) is 13.9. The number of ketones is 1. The molecule has 0 atom stereocenters. The largest absolute Gasteiger partial charge is 0.289 e. The summed E-state index contributed by atoms with van der Waals surface area (Å²) >= 11 is 0. The zero-order valence-corrected chi connectivity index (χ0v) is 11.4. The van der Waals surface area contributed by atoms with Gasteiger partial charge in [0.05, 0.1) is 5.52 Å². The third kappa shape index (κ3) is 1.39. The Labute approximate surface area is 117 Å². The molecular formula is C18H13NO. The molecule has 0 radical (unpaired) electrons. The second-order valence-electron chi connectivity index (χ2n) is 5.37. The number of fused-ring (bicyclic) bond motifs is 4. The van der Waals surface area contributed by atoms with Crippen LogP contribution < -0.4 is 0 Å². The Balaban J connectivity index is 2.13. The number of aromatic nitrogens is 1. The van der Waals surface area contributed by atoms with Gasteiger partial charge >= 0.3 is 0 Å². The van der Waals surface area contributed by atoms with Crippen LogP contribution in [-0.4, -0.2) is 10.8 Å². The van der Waals surface area contributed by atoms with E-state index in [0.717, 1.165) is 38.9 Å². The minimum absolute atomic E-state index is 0.110. The molecule has 0 unspecified atom stereocenters. The van der Waals surface area contributed by atoms with Gasteiger partial charge in [0, 0.05) is 22.2 Å². The van der Waals surface area contributed by atoms with Crippen LogP contribution in [0.4, 0.5) is 0 Å². The molecule has 20 heavy (non-hydrogen) atoms. The number of rotatable bonds is 0. The number of carbonyl (C=O) groups excluding carboxylic acids is 1. The zero-order chi connectivity index (χ0) is 13.9. The lowest BCUT2D eigenvalue weighted by molar-refractivity contribution is 0.104. The zero-order valence-electron chi connectivity index (χ0n) is 11.4. The fourth-order valence-corrected chi connectivity index (χ4v) is 3.08. The molecule has 0 fully saturated rings. The minimum atomic E-state index is 0.110. The van der Waals surface area contributed by atoms with Crippen molar-refractivity contribution in [1.82, 2.24) is 4.98 Å². The molecule has 0 N–H and O–H groups in total. The van der Waals surface area contributed by atoms with Gasteiger partial charge < -0.3 is 0 Å². The Morgan fingerprint density at radius 3 is 2.40 bits per heavy atom. The van der Waals surface area contributed by atoms with E-state index in [1.165, 1.54) is 5.56 Å². The first-order valence-electron chi connectivity index (χ1n) is 6.71. The van der Waals surface area contributed by atoms with Crippen LogP contribution in [0.2, 0.25) is 0 Å². The fourth-order valence-electron chi connectivity index (χ4n) is 3.08. The highest BCUT2D eigenvalue weighted by molar-refractivity contribution is 6.23. The molecule has 96 valence electrons. The third-order valence-electron chi connectivity index (χ3n) is 3.99. The molecule has 3 aromatic rings. The van der Waals surface area contributed by atoms with E-state index in [1.807, 2.05) is 37.3 Å². The lowest BCUT2D eigenvalue weighted by atomic mass is 10.0. The second-order valence-corrected chi connectivity index (χ2v) is 5.37. The smallest absolute Gasteiger partial charge is 0.194 e. The van der Waals surface area contributed by atoms with Crippen molar-refractivity contribution in [2.75, 3.05) is 0 Å². The summed E-state index contributed by atoms with van der Waals surface area (Å²) in [5, 5.41) is 1.12. The van der Waals surface area contributed by atoms with E-state index < -0.39 is 0 Å². The molecule has 1 aliphatic rings. The van der Waals surface area contributed by atoms with Gasteiger partial charge in [-0.15, -0.1) is 0 Å². The standard InChI is InChI=1S/C18H13NO/c1-10-7-11(2)19-17-9-16-15(8-14(10)17)12-5-3-4-6-13(12)18(16)20/h3-9H,1-2H3. The highest BCUT2D eigenvalue weighted by atomic mass is 16.1. The molecule has 2 heteroatoms. The van der Waals surface area contributed by atoms with E-state index in [1.54, 1.807) is 0 Å². The first-order chi connectivity index (χ1) is 9.65. The molecule has 2 nitrogen and oxygen atoms in total. The molecule has 0 saturated carbocycles. The first kappa shape index (κ1) is 11.4. The molecule has 0 amide bonds. The summed E-state index contributed by atoms with van der Waals surface area (Å²) in [5.74, 6) is 0.110. The average Bonchev–Trinajstić information content (AvgIpc) is 2.71. The number of hydrogen-bond acceptors (Lipinski definition) is 2. The highest BCUT2D eigenvalue weighted by Gasteiger charge is 2.26. The average molecular weight is 259 g/mol. The number of pyridine rings is 1. The van der Waals surface area contributed by atoms with Crippen LogP contribution in [0.25, 0.3) is 22.0 Å². The summed E-state index contributed by atoms with van der Waals surface area (Å²) in [7, 11) is 0. The van der Waals surface area contributed by atoms with Gasteiger partial charge in [0.25, 0.3) is 0 Å². The molecule has 1 aliphatic carbocycles. The topological polar surface area (TPSA) is 30.0 Å². The van der Waals surface area contributed by atoms with Gasteiger partial charge in [-0.1, -0.05) is 24.3 Å². The van der Waals surface area contributed by atoms with Gasteiger partial charge in [0.15, 0.2) is 5.78 Å². The Bertz CT molecular complexity index is 893. The number of hydrogen-bond donors (Lipinski definition) is 0. The van der Waals surface area contributed by atoms with Crippen molar-refractivity contribution in [2.24, 2.45) is 0 Å². The summed E-state index contributed by atoms with van der Waals surface area (Å²) in [6.45, 7) is 4.07. The first-order valence-corrected chi connectivity index (χ1v) is 6.71. The van der Waals surface area contributed by atoms with Gasteiger partial charge in [-0.3, -0.25) is 9.78 Å².